The van der Waals surface area contributed by atoms with E-state index in [1.54, 1.807) is 11.3 Å². The van der Waals surface area contributed by atoms with Gasteiger partial charge >= 0.3 is 0 Å². The van der Waals surface area contributed by atoms with Gasteiger partial charge in [-0.05, 0) is 43.2 Å². The molecule has 1 atom stereocenters. The first-order valence-corrected chi connectivity index (χ1v) is 9.02. The lowest BCUT2D eigenvalue weighted by Gasteiger charge is -2.43. The largest absolute Gasteiger partial charge is 0.392 e. The number of nitrogens with two attached hydrogens (primary N) is 1. The van der Waals surface area contributed by atoms with E-state index in [4.69, 9.17) is 18.0 Å². The van der Waals surface area contributed by atoms with Gasteiger partial charge in [-0.25, -0.2) is 0 Å². The third-order valence-corrected chi connectivity index (χ3v) is 6.51. The van der Waals surface area contributed by atoms with Crippen molar-refractivity contribution in [3.8, 4) is 0 Å². The fourth-order valence-electron chi connectivity index (χ4n) is 3.78. The van der Waals surface area contributed by atoms with Crippen molar-refractivity contribution in [2.45, 2.75) is 51.5 Å². The highest BCUT2D eigenvalue weighted by Gasteiger charge is 2.46. The summed E-state index contributed by atoms with van der Waals surface area (Å²) in [7, 11) is 0. The van der Waals surface area contributed by atoms with E-state index < -0.39 is 5.41 Å². The highest BCUT2D eigenvalue weighted by atomic mass is 32.1. The molecule has 2 heterocycles. The van der Waals surface area contributed by atoms with Gasteiger partial charge in [0, 0.05) is 11.4 Å². The molecule has 3 rings (SSSR count). The molecule has 0 saturated heterocycles. The number of nitrogens with zero attached hydrogens (tertiary/aromatic N) is 1. The normalized spacial score (nSPS) is 24.4. The zero-order chi connectivity index (χ0) is 15.0. The van der Waals surface area contributed by atoms with E-state index >= 15 is 0 Å². The van der Waals surface area contributed by atoms with Crippen molar-refractivity contribution >= 4 is 34.5 Å². The number of thiophene rings is 1. The Labute approximate surface area is 135 Å². The monoisotopic (exact) mass is 322 g/mol. The van der Waals surface area contributed by atoms with Crippen LogP contribution >= 0.6 is 23.6 Å². The molecule has 1 aliphatic carbocycles. The number of fused-ring (bicyclic) bond motifs is 1. The van der Waals surface area contributed by atoms with E-state index in [9.17, 15) is 4.79 Å². The van der Waals surface area contributed by atoms with Crippen molar-refractivity contribution in [1.82, 2.24) is 4.90 Å². The van der Waals surface area contributed by atoms with Crippen molar-refractivity contribution in [1.29, 1.82) is 0 Å². The van der Waals surface area contributed by atoms with E-state index in [1.807, 2.05) is 4.90 Å². The topological polar surface area (TPSA) is 46.3 Å². The Kier molecular flexibility index (Phi) is 4.06. The number of carbonyl (C=O) groups excluding carboxylic acids is 1. The number of hydrogen-bond acceptors (Lipinski definition) is 3. The predicted molar refractivity (Wildman–Crippen MR) is 90.5 cm³/mol. The van der Waals surface area contributed by atoms with Gasteiger partial charge in [0.2, 0.25) is 5.91 Å². The second-order valence-corrected chi connectivity index (χ2v) is 7.67. The molecule has 0 bridgehead atoms. The number of hydrogen-bond donors (Lipinski definition) is 1. The summed E-state index contributed by atoms with van der Waals surface area (Å²) in [6.45, 7) is 2.91. The summed E-state index contributed by atoms with van der Waals surface area (Å²) in [5.41, 5.74) is 6.73. The average Bonchev–Trinajstić information content (AvgIpc) is 2.97. The summed E-state index contributed by atoms with van der Waals surface area (Å²) < 4.78 is 0. The minimum Gasteiger partial charge on any atom is -0.392 e. The van der Waals surface area contributed by atoms with Crippen molar-refractivity contribution in [3.05, 3.63) is 21.9 Å². The van der Waals surface area contributed by atoms with Gasteiger partial charge in [-0.1, -0.05) is 31.5 Å². The molecule has 1 aromatic heterocycles. The van der Waals surface area contributed by atoms with Crippen LogP contribution in [0, 0.1) is 5.41 Å². The maximum Gasteiger partial charge on any atom is 0.236 e. The van der Waals surface area contributed by atoms with E-state index in [1.165, 1.54) is 16.9 Å². The van der Waals surface area contributed by atoms with Crippen LogP contribution in [0.2, 0.25) is 0 Å². The Hall–Kier alpha value is -0.940. The molecule has 5 heteroatoms. The number of rotatable bonds is 2. The summed E-state index contributed by atoms with van der Waals surface area (Å²) >= 11 is 7.10. The van der Waals surface area contributed by atoms with Crippen LogP contribution in [0.1, 0.15) is 55.5 Å². The van der Waals surface area contributed by atoms with Crippen LogP contribution < -0.4 is 5.73 Å². The molecule has 1 aromatic rings. The number of amides is 1. The highest BCUT2D eigenvalue weighted by Crippen LogP contribution is 2.42. The molecular formula is C16H22N2OS2. The summed E-state index contributed by atoms with van der Waals surface area (Å²) in [5, 5.41) is 2.12. The zero-order valence-corrected chi connectivity index (χ0v) is 14.1. The van der Waals surface area contributed by atoms with E-state index in [-0.39, 0.29) is 11.9 Å². The Balaban J connectivity index is 1.89. The molecule has 1 unspecified atom stereocenters. The fraction of sp³-hybridized carbons (Fsp3) is 0.625. The molecule has 2 N–H and O–H groups in total. The van der Waals surface area contributed by atoms with E-state index in [2.05, 4.69) is 18.4 Å². The maximum absolute atomic E-state index is 13.2. The third-order valence-electron chi connectivity index (χ3n) is 5.13. The Bertz CT molecular complexity index is 560. The fourth-order valence-corrected chi connectivity index (χ4v) is 5.04. The van der Waals surface area contributed by atoms with Gasteiger partial charge in [0.15, 0.2) is 0 Å². The van der Waals surface area contributed by atoms with Gasteiger partial charge in [-0.3, -0.25) is 4.79 Å². The average molecular weight is 322 g/mol. The first-order valence-electron chi connectivity index (χ1n) is 7.73. The van der Waals surface area contributed by atoms with Gasteiger partial charge in [-0.15, -0.1) is 11.3 Å². The molecule has 1 aliphatic heterocycles. The molecule has 3 nitrogen and oxygen atoms in total. The van der Waals surface area contributed by atoms with Crippen LogP contribution in [0.5, 0.6) is 0 Å². The predicted octanol–water partition coefficient (Wildman–Crippen LogP) is 3.43. The summed E-state index contributed by atoms with van der Waals surface area (Å²) in [4.78, 5) is 17.0. The molecule has 21 heavy (non-hydrogen) atoms. The molecular weight excluding hydrogens is 300 g/mol. The van der Waals surface area contributed by atoms with Crippen LogP contribution in [0.4, 0.5) is 0 Å². The lowest BCUT2D eigenvalue weighted by molar-refractivity contribution is -0.142. The van der Waals surface area contributed by atoms with E-state index in [0.29, 0.717) is 4.99 Å². The first-order chi connectivity index (χ1) is 10.1. The Morgan fingerprint density at radius 3 is 2.81 bits per heavy atom. The maximum atomic E-state index is 13.2. The third kappa shape index (κ3) is 2.40. The quantitative estimate of drug-likeness (QED) is 0.849. The summed E-state index contributed by atoms with van der Waals surface area (Å²) in [6, 6.07) is 2.29. The van der Waals surface area contributed by atoms with Crippen molar-refractivity contribution in [3.63, 3.8) is 0 Å². The molecule has 0 radical (unpaired) electrons. The second-order valence-electron chi connectivity index (χ2n) is 6.23. The van der Waals surface area contributed by atoms with Crippen LogP contribution in [0.15, 0.2) is 11.4 Å². The minimum absolute atomic E-state index is 0.139. The molecule has 0 spiro atoms. The van der Waals surface area contributed by atoms with Gasteiger partial charge < -0.3 is 10.6 Å². The van der Waals surface area contributed by atoms with Crippen molar-refractivity contribution in [2.75, 3.05) is 6.54 Å². The SMILES string of the molecule is CC1c2ccsc2CCN1C(=O)C1(C(N)=S)CCCCC1. The van der Waals surface area contributed by atoms with Gasteiger partial charge in [0.25, 0.3) is 0 Å². The van der Waals surface area contributed by atoms with Crippen LogP contribution in [0.25, 0.3) is 0 Å². The molecule has 1 saturated carbocycles. The molecule has 114 valence electrons. The lowest BCUT2D eigenvalue weighted by Crippen LogP contribution is -2.53. The number of thiocarbonyl (C=S) groups is 1. The van der Waals surface area contributed by atoms with Gasteiger partial charge in [0.1, 0.15) is 0 Å². The van der Waals surface area contributed by atoms with Crippen LogP contribution in [0.3, 0.4) is 0 Å². The second kappa shape index (κ2) is 5.69. The smallest absolute Gasteiger partial charge is 0.236 e. The summed E-state index contributed by atoms with van der Waals surface area (Å²) in [6.07, 6.45) is 5.88. The van der Waals surface area contributed by atoms with Gasteiger partial charge in [-0.2, -0.15) is 0 Å². The van der Waals surface area contributed by atoms with Crippen molar-refractivity contribution < 1.29 is 4.79 Å². The van der Waals surface area contributed by atoms with Crippen LogP contribution in [-0.4, -0.2) is 22.3 Å². The van der Waals surface area contributed by atoms with Crippen molar-refractivity contribution in [2.24, 2.45) is 11.1 Å². The lowest BCUT2D eigenvalue weighted by atomic mass is 9.72. The van der Waals surface area contributed by atoms with Gasteiger partial charge in [0.05, 0.1) is 16.4 Å². The minimum atomic E-state index is -0.588. The highest BCUT2D eigenvalue weighted by molar-refractivity contribution is 7.80. The zero-order valence-electron chi connectivity index (χ0n) is 12.4. The molecule has 2 aliphatic rings. The van der Waals surface area contributed by atoms with Crippen LogP contribution in [-0.2, 0) is 11.2 Å². The standard InChI is InChI=1S/C16H22N2OS2/c1-11-12-6-10-21-13(12)5-9-18(11)15(19)16(14(17)20)7-3-2-4-8-16/h6,10-11H,2-5,7-9H2,1H3,(H2,17,20). The Morgan fingerprint density at radius 2 is 2.14 bits per heavy atom. The molecule has 1 amide bonds. The summed E-state index contributed by atoms with van der Waals surface area (Å²) in [5.74, 6) is 0.166. The number of carbonyl (C=O) groups is 1. The molecule has 0 aromatic carbocycles. The molecule has 1 fully saturated rings. The van der Waals surface area contributed by atoms with E-state index in [0.717, 1.165) is 38.6 Å². The Morgan fingerprint density at radius 1 is 1.43 bits per heavy atom. The first kappa shape index (κ1) is 15.0.